The third kappa shape index (κ3) is 5.30. The smallest absolute Gasteiger partial charge is 0.315 e. The van der Waals surface area contributed by atoms with Crippen LogP contribution in [0.4, 0.5) is 9.18 Å². The molecule has 28 heavy (non-hydrogen) atoms. The molecule has 1 heterocycles. The highest BCUT2D eigenvalue weighted by molar-refractivity contribution is 5.74. The van der Waals surface area contributed by atoms with Gasteiger partial charge in [-0.2, -0.15) is 0 Å². The Kier molecular flexibility index (Phi) is 7.01. The van der Waals surface area contributed by atoms with Crippen LogP contribution < -0.4 is 10.6 Å². The minimum atomic E-state index is -0.308. The van der Waals surface area contributed by atoms with E-state index in [0.29, 0.717) is 13.2 Å². The standard InChI is InChI=1S/C22H28FN3O2/c1-26(2)19(16-7-4-3-5-8-16)15-24-22(27)25-21(20-9-6-14-28-20)17-10-12-18(23)13-11-17/h3-5,7-8,10-13,19-21H,6,9,14-15H2,1-2H3,(H2,24,25,27). The van der Waals surface area contributed by atoms with Gasteiger partial charge < -0.3 is 20.3 Å². The van der Waals surface area contributed by atoms with Crippen molar-refractivity contribution >= 4 is 6.03 Å². The molecular formula is C22H28FN3O2. The van der Waals surface area contributed by atoms with Crippen LogP contribution >= 0.6 is 0 Å². The van der Waals surface area contributed by atoms with Crippen molar-refractivity contribution < 1.29 is 13.9 Å². The van der Waals surface area contributed by atoms with Crippen LogP contribution in [0, 0.1) is 5.82 Å². The predicted molar refractivity (Wildman–Crippen MR) is 108 cm³/mol. The lowest BCUT2D eigenvalue weighted by Gasteiger charge is -2.27. The topological polar surface area (TPSA) is 53.6 Å². The van der Waals surface area contributed by atoms with Gasteiger partial charge >= 0.3 is 6.03 Å². The van der Waals surface area contributed by atoms with Gasteiger partial charge in [0, 0.05) is 13.2 Å². The van der Waals surface area contributed by atoms with E-state index < -0.39 is 0 Å². The minimum absolute atomic E-state index is 0.0685. The predicted octanol–water partition coefficient (Wildman–Crippen LogP) is 3.65. The van der Waals surface area contributed by atoms with E-state index in [-0.39, 0.29) is 30.0 Å². The number of halogens is 1. The van der Waals surface area contributed by atoms with Crippen molar-refractivity contribution in [3.05, 3.63) is 71.5 Å². The highest BCUT2D eigenvalue weighted by Crippen LogP contribution is 2.27. The summed E-state index contributed by atoms with van der Waals surface area (Å²) < 4.78 is 19.1. The lowest BCUT2D eigenvalue weighted by Crippen LogP contribution is -2.44. The van der Waals surface area contributed by atoms with Crippen molar-refractivity contribution in [2.75, 3.05) is 27.2 Å². The fraction of sp³-hybridized carbons (Fsp3) is 0.409. The number of nitrogens with one attached hydrogen (secondary N) is 2. The van der Waals surface area contributed by atoms with E-state index in [4.69, 9.17) is 4.74 Å². The molecule has 3 unspecified atom stereocenters. The average molecular weight is 385 g/mol. The van der Waals surface area contributed by atoms with Crippen LogP contribution in [-0.2, 0) is 4.74 Å². The second-order valence-electron chi connectivity index (χ2n) is 7.33. The Morgan fingerprint density at radius 2 is 1.86 bits per heavy atom. The molecule has 2 amide bonds. The monoisotopic (exact) mass is 385 g/mol. The first-order valence-corrected chi connectivity index (χ1v) is 9.67. The first kappa shape index (κ1) is 20.3. The van der Waals surface area contributed by atoms with Gasteiger partial charge in [0.15, 0.2) is 0 Å². The number of amides is 2. The van der Waals surface area contributed by atoms with E-state index in [2.05, 4.69) is 27.7 Å². The summed E-state index contributed by atoms with van der Waals surface area (Å²) in [6.45, 7) is 1.16. The molecule has 5 nitrogen and oxygen atoms in total. The molecule has 0 aromatic heterocycles. The second-order valence-corrected chi connectivity index (χ2v) is 7.33. The van der Waals surface area contributed by atoms with Gasteiger partial charge in [-0.1, -0.05) is 42.5 Å². The van der Waals surface area contributed by atoms with Gasteiger partial charge in [0.05, 0.1) is 18.2 Å². The van der Waals surface area contributed by atoms with Crippen molar-refractivity contribution in [2.24, 2.45) is 0 Å². The summed E-state index contributed by atoms with van der Waals surface area (Å²) in [5.41, 5.74) is 1.98. The number of hydrogen-bond acceptors (Lipinski definition) is 3. The highest BCUT2D eigenvalue weighted by Gasteiger charge is 2.29. The van der Waals surface area contributed by atoms with Gasteiger partial charge in [-0.15, -0.1) is 0 Å². The third-order valence-corrected chi connectivity index (χ3v) is 5.12. The molecule has 0 bridgehead atoms. The summed E-state index contributed by atoms with van der Waals surface area (Å²) in [4.78, 5) is 14.7. The summed E-state index contributed by atoms with van der Waals surface area (Å²) in [7, 11) is 3.98. The minimum Gasteiger partial charge on any atom is -0.376 e. The number of rotatable bonds is 7. The van der Waals surface area contributed by atoms with E-state index in [9.17, 15) is 9.18 Å². The Morgan fingerprint density at radius 3 is 2.46 bits per heavy atom. The number of ether oxygens (including phenoxy) is 1. The van der Waals surface area contributed by atoms with Crippen molar-refractivity contribution in [3.8, 4) is 0 Å². The molecule has 0 saturated carbocycles. The number of urea groups is 1. The second kappa shape index (κ2) is 9.66. The van der Waals surface area contributed by atoms with E-state index in [1.807, 2.05) is 32.3 Å². The molecule has 0 radical (unpaired) electrons. The number of benzene rings is 2. The molecule has 0 aliphatic carbocycles. The number of carbonyl (C=O) groups is 1. The molecule has 2 aromatic rings. The van der Waals surface area contributed by atoms with Crippen LogP contribution in [0.2, 0.25) is 0 Å². The SMILES string of the molecule is CN(C)C(CNC(=O)NC(c1ccc(F)cc1)C1CCCO1)c1ccccc1. The molecular weight excluding hydrogens is 357 g/mol. The summed E-state index contributed by atoms with van der Waals surface area (Å²) in [5, 5.41) is 6.00. The van der Waals surface area contributed by atoms with Crippen molar-refractivity contribution in [1.29, 1.82) is 0 Å². The number of carbonyl (C=O) groups excluding carboxylic acids is 1. The van der Waals surface area contributed by atoms with Gasteiger partial charge in [0.2, 0.25) is 0 Å². The maximum Gasteiger partial charge on any atom is 0.315 e. The normalized spacial score (nSPS) is 18.6. The lowest BCUT2D eigenvalue weighted by atomic mass is 9.99. The van der Waals surface area contributed by atoms with Crippen LogP contribution in [0.25, 0.3) is 0 Å². The molecule has 6 heteroatoms. The van der Waals surface area contributed by atoms with Crippen molar-refractivity contribution in [1.82, 2.24) is 15.5 Å². The molecule has 0 spiro atoms. The fourth-order valence-corrected chi connectivity index (χ4v) is 3.58. The molecule has 2 aromatic carbocycles. The van der Waals surface area contributed by atoms with Crippen molar-refractivity contribution in [3.63, 3.8) is 0 Å². The van der Waals surface area contributed by atoms with E-state index in [0.717, 1.165) is 24.0 Å². The Balaban J connectivity index is 1.65. The van der Waals surface area contributed by atoms with E-state index >= 15 is 0 Å². The molecule has 3 rings (SSSR count). The molecule has 1 fully saturated rings. The van der Waals surface area contributed by atoms with Gasteiger partial charge in [-0.25, -0.2) is 9.18 Å². The van der Waals surface area contributed by atoms with Gasteiger partial charge in [0.25, 0.3) is 0 Å². The number of likely N-dealkylation sites (N-methyl/N-ethyl adjacent to an activating group) is 1. The molecule has 1 saturated heterocycles. The maximum atomic E-state index is 13.3. The maximum absolute atomic E-state index is 13.3. The van der Waals surface area contributed by atoms with Crippen LogP contribution in [0.15, 0.2) is 54.6 Å². The zero-order chi connectivity index (χ0) is 19.9. The average Bonchev–Trinajstić information content (AvgIpc) is 3.22. The Labute approximate surface area is 165 Å². The lowest BCUT2D eigenvalue weighted by molar-refractivity contribution is 0.0806. The van der Waals surface area contributed by atoms with Gasteiger partial charge in [-0.05, 0) is 50.2 Å². The van der Waals surface area contributed by atoms with Crippen LogP contribution in [0.5, 0.6) is 0 Å². The summed E-state index contributed by atoms with van der Waals surface area (Å²) >= 11 is 0. The van der Waals surface area contributed by atoms with Crippen LogP contribution in [-0.4, -0.2) is 44.3 Å². The third-order valence-electron chi connectivity index (χ3n) is 5.12. The van der Waals surface area contributed by atoms with Gasteiger partial charge in [0.1, 0.15) is 5.82 Å². The van der Waals surface area contributed by atoms with E-state index in [1.54, 1.807) is 12.1 Å². The number of nitrogens with zero attached hydrogens (tertiary/aromatic N) is 1. The molecule has 1 aliphatic heterocycles. The molecule has 150 valence electrons. The quantitative estimate of drug-likeness (QED) is 0.765. The summed E-state index contributed by atoms with van der Waals surface area (Å²) in [6, 6.07) is 15.8. The molecule has 3 atom stereocenters. The summed E-state index contributed by atoms with van der Waals surface area (Å²) in [6.07, 6.45) is 1.73. The molecule has 2 N–H and O–H groups in total. The first-order valence-electron chi connectivity index (χ1n) is 9.67. The van der Waals surface area contributed by atoms with Crippen molar-refractivity contribution in [2.45, 2.75) is 31.0 Å². The van der Waals surface area contributed by atoms with Crippen LogP contribution in [0.3, 0.4) is 0 Å². The Hall–Kier alpha value is -2.44. The first-order chi connectivity index (χ1) is 13.5. The fourth-order valence-electron chi connectivity index (χ4n) is 3.58. The van der Waals surface area contributed by atoms with Gasteiger partial charge in [-0.3, -0.25) is 0 Å². The zero-order valence-electron chi connectivity index (χ0n) is 16.4. The zero-order valence-corrected chi connectivity index (χ0v) is 16.4. The molecule has 1 aliphatic rings. The Bertz CT molecular complexity index is 746. The largest absolute Gasteiger partial charge is 0.376 e. The van der Waals surface area contributed by atoms with E-state index in [1.165, 1.54) is 12.1 Å². The summed E-state index contributed by atoms with van der Waals surface area (Å²) in [5.74, 6) is -0.295. The number of hydrogen-bond donors (Lipinski definition) is 2. The van der Waals surface area contributed by atoms with Crippen LogP contribution in [0.1, 0.15) is 36.1 Å². The Morgan fingerprint density at radius 1 is 1.14 bits per heavy atom. The highest BCUT2D eigenvalue weighted by atomic mass is 19.1.